The summed E-state index contributed by atoms with van der Waals surface area (Å²) in [5, 5.41) is 0. The number of hydrogen-bond donors (Lipinski definition) is 0. The molecule has 0 atom stereocenters. The van der Waals surface area contributed by atoms with Gasteiger partial charge in [0.2, 0.25) is 0 Å². The lowest BCUT2D eigenvalue weighted by Gasteiger charge is -1.95. The molecule has 62 valence electrons. The zero-order valence-electron chi connectivity index (χ0n) is 8.28. The first-order valence-electron chi connectivity index (χ1n) is 4.28. The van der Waals surface area contributed by atoms with Gasteiger partial charge in [0.1, 0.15) is 7.85 Å². The van der Waals surface area contributed by atoms with Crippen molar-refractivity contribution in [1.29, 1.82) is 0 Å². The lowest BCUT2D eigenvalue weighted by atomic mass is 9.95. The van der Waals surface area contributed by atoms with E-state index in [9.17, 15) is 0 Å². The molecule has 0 aliphatic heterocycles. The van der Waals surface area contributed by atoms with Gasteiger partial charge in [-0.2, -0.15) is 0 Å². The van der Waals surface area contributed by atoms with Gasteiger partial charge >= 0.3 is 0 Å². The van der Waals surface area contributed by atoms with E-state index < -0.39 is 0 Å². The molecule has 0 aromatic heterocycles. The Kier molecular flexibility index (Phi) is 11.4. The van der Waals surface area contributed by atoms with Crippen molar-refractivity contribution < 1.29 is 0 Å². The third-order valence-corrected chi connectivity index (χ3v) is 1.08. The third kappa shape index (κ3) is 12.7. The van der Waals surface area contributed by atoms with Crippen LogP contribution in [-0.2, 0) is 0 Å². The fourth-order valence-corrected chi connectivity index (χ4v) is 0.783. The molecule has 0 amide bonds. The minimum absolute atomic E-state index is 0.654. The maximum Gasteiger partial charge on any atom is 0.112 e. The molecule has 0 saturated heterocycles. The minimum atomic E-state index is 0.654. The standard InChI is InChI=1S/C8H13B.C2H6/c1-4-5-7(2)6-8(3)9;1-2/h6H,3-5H2,1-2H3;1-2H3/b7-6+;. The Hall–Kier alpha value is -0.455. The van der Waals surface area contributed by atoms with E-state index in [0.29, 0.717) is 5.47 Å². The van der Waals surface area contributed by atoms with Crippen molar-refractivity contribution in [3.63, 3.8) is 0 Å². The van der Waals surface area contributed by atoms with E-state index >= 15 is 0 Å². The summed E-state index contributed by atoms with van der Waals surface area (Å²) in [5.41, 5.74) is 1.96. The summed E-state index contributed by atoms with van der Waals surface area (Å²) in [5.74, 6) is 0. The van der Waals surface area contributed by atoms with Gasteiger partial charge in [-0.15, -0.1) is 12.1 Å². The largest absolute Gasteiger partial charge is 0.112 e. The fourth-order valence-electron chi connectivity index (χ4n) is 0.783. The van der Waals surface area contributed by atoms with Crippen LogP contribution in [0.5, 0.6) is 0 Å². The second-order valence-electron chi connectivity index (χ2n) is 2.32. The van der Waals surface area contributed by atoms with Crippen LogP contribution in [0.3, 0.4) is 0 Å². The lowest BCUT2D eigenvalue weighted by Crippen LogP contribution is -1.77. The molecule has 0 heterocycles. The topological polar surface area (TPSA) is 0 Å². The second kappa shape index (κ2) is 9.54. The number of allylic oxidation sites excluding steroid dienone is 3. The van der Waals surface area contributed by atoms with Gasteiger partial charge in [-0.1, -0.05) is 38.8 Å². The maximum absolute atomic E-state index is 5.35. The lowest BCUT2D eigenvalue weighted by molar-refractivity contribution is 0.905. The van der Waals surface area contributed by atoms with Crippen molar-refractivity contribution >= 4 is 7.85 Å². The highest BCUT2D eigenvalue weighted by Crippen LogP contribution is 2.04. The molecule has 0 aromatic carbocycles. The molecular weight excluding hydrogens is 131 g/mol. The molecule has 2 radical (unpaired) electrons. The van der Waals surface area contributed by atoms with Crippen LogP contribution >= 0.6 is 0 Å². The molecule has 0 rings (SSSR count). The first-order valence-corrected chi connectivity index (χ1v) is 4.28. The summed E-state index contributed by atoms with van der Waals surface area (Å²) < 4.78 is 0. The van der Waals surface area contributed by atoms with E-state index in [1.807, 2.05) is 19.9 Å². The summed E-state index contributed by atoms with van der Waals surface area (Å²) in [6.45, 7) is 11.8. The van der Waals surface area contributed by atoms with Gasteiger partial charge in [0.05, 0.1) is 0 Å². The Labute approximate surface area is 72.8 Å². The Balaban J connectivity index is 0. The number of hydrogen-bond acceptors (Lipinski definition) is 0. The molecule has 0 N–H and O–H groups in total. The van der Waals surface area contributed by atoms with Gasteiger partial charge < -0.3 is 0 Å². The molecular formula is C10H19B. The quantitative estimate of drug-likeness (QED) is 0.427. The molecule has 11 heavy (non-hydrogen) atoms. The van der Waals surface area contributed by atoms with Crippen molar-refractivity contribution in [2.75, 3.05) is 0 Å². The molecule has 0 fully saturated rings. The highest BCUT2D eigenvalue weighted by Gasteiger charge is 1.84. The molecule has 0 aromatic rings. The van der Waals surface area contributed by atoms with Gasteiger partial charge in [-0.25, -0.2) is 0 Å². The normalized spacial score (nSPS) is 10.0. The van der Waals surface area contributed by atoms with E-state index in [2.05, 4.69) is 20.4 Å². The van der Waals surface area contributed by atoms with Gasteiger partial charge in [0.15, 0.2) is 0 Å². The zero-order chi connectivity index (χ0) is 9.28. The molecule has 0 spiro atoms. The zero-order valence-corrected chi connectivity index (χ0v) is 8.28. The van der Waals surface area contributed by atoms with Gasteiger partial charge in [-0.05, 0) is 13.3 Å². The van der Waals surface area contributed by atoms with Gasteiger partial charge in [0, 0.05) is 0 Å². The Bertz CT molecular complexity index is 123. The van der Waals surface area contributed by atoms with Crippen molar-refractivity contribution in [2.45, 2.75) is 40.5 Å². The molecule has 0 aliphatic carbocycles. The summed E-state index contributed by atoms with van der Waals surface area (Å²) in [6.07, 6.45) is 4.22. The summed E-state index contributed by atoms with van der Waals surface area (Å²) in [6, 6.07) is 0. The summed E-state index contributed by atoms with van der Waals surface area (Å²) >= 11 is 0. The van der Waals surface area contributed by atoms with E-state index in [4.69, 9.17) is 7.85 Å². The van der Waals surface area contributed by atoms with E-state index in [0.717, 1.165) is 6.42 Å². The predicted octanol–water partition coefficient (Wildman–Crippen LogP) is 3.44. The number of rotatable bonds is 3. The van der Waals surface area contributed by atoms with E-state index in [-0.39, 0.29) is 0 Å². The van der Waals surface area contributed by atoms with Crippen LogP contribution in [0.2, 0.25) is 0 Å². The first-order chi connectivity index (χ1) is 5.16. The SMILES string of the molecule is CC.[B]C(=C)/C=C(\C)CCC. The Morgan fingerprint density at radius 3 is 2.18 bits per heavy atom. The smallest absolute Gasteiger partial charge is 0.106 e. The molecule has 0 saturated carbocycles. The monoisotopic (exact) mass is 150 g/mol. The Morgan fingerprint density at radius 1 is 1.45 bits per heavy atom. The van der Waals surface area contributed by atoms with Crippen LogP contribution in [0.4, 0.5) is 0 Å². The molecule has 0 aliphatic rings. The Morgan fingerprint density at radius 2 is 1.91 bits per heavy atom. The molecule has 0 unspecified atom stereocenters. The average molecular weight is 150 g/mol. The first kappa shape index (κ1) is 13.2. The third-order valence-electron chi connectivity index (χ3n) is 1.08. The van der Waals surface area contributed by atoms with E-state index in [1.54, 1.807) is 0 Å². The van der Waals surface area contributed by atoms with Crippen LogP contribution in [0.25, 0.3) is 0 Å². The average Bonchev–Trinajstić information content (AvgIpc) is 1.91. The van der Waals surface area contributed by atoms with Crippen LogP contribution in [-0.4, -0.2) is 7.85 Å². The van der Waals surface area contributed by atoms with Crippen molar-refractivity contribution in [2.24, 2.45) is 0 Å². The van der Waals surface area contributed by atoms with Crippen molar-refractivity contribution in [3.8, 4) is 0 Å². The van der Waals surface area contributed by atoms with Crippen LogP contribution in [0.15, 0.2) is 23.7 Å². The van der Waals surface area contributed by atoms with Gasteiger partial charge in [-0.3, -0.25) is 0 Å². The van der Waals surface area contributed by atoms with Crippen LogP contribution in [0, 0.1) is 0 Å². The van der Waals surface area contributed by atoms with Crippen LogP contribution in [0.1, 0.15) is 40.5 Å². The summed E-state index contributed by atoms with van der Waals surface area (Å²) in [4.78, 5) is 0. The summed E-state index contributed by atoms with van der Waals surface area (Å²) in [7, 11) is 5.35. The molecule has 1 heteroatoms. The fraction of sp³-hybridized carbons (Fsp3) is 0.600. The van der Waals surface area contributed by atoms with E-state index in [1.165, 1.54) is 12.0 Å². The minimum Gasteiger partial charge on any atom is -0.106 e. The van der Waals surface area contributed by atoms with Crippen molar-refractivity contribution in [3.05, 3.63) is 23.7 Å². The van der Waals surface area contributed by atoms with Crippen molar-refractivity contribution in [1.82, 2.24) is 0 Å². The highest BCUT2D eigenvalue weighted by atomic mass is 13.9. The molecule has 0 bridgehead atoms. The predicted molar refractivity (Wildman–Crippen MR) is 54.9 cm³/mol. The molecule has 0 nitrogen and oxygen atoms in total. The van der Waals surface area contributed by atoms with Gasteiger partial charge in [0.25, 0.3) is 0 Å². The highest BCUT2D eigenvalue weighted by molar-refractivity contribution is 6.23. The maximum atomic E-state index is 5.35. The van der Waals surface area contributed by atoms with Crippen LogP contribution < -0.4 is 0 Å². The second-order valence-corrected chi connectivity index (χ2v) is 2.32.